The number of ether oxygens (including phenoxy) is 1. The summed E-state index contributed by atoms with van der Waals surface area (Å²) in [5.41, 5.74) is 0.624. The Kier molecular flexibility index (Phi) is 4.54. The molecule has 1 saturated heterocycles. The van der Waals surface area contributed by atoms with Gasteiger partial charge in [0.15, 0.2) is 5.89 Å². The minimum atomic E-state index is -0.327. The number of rotatable bonds is 5. The molecule has 1 atom stereocenters. The molecule has 0 radical (unpaired) electrons. The summed E-state index contributed by atoms with van der Waals surface area (Å²) < 4.78 is 10.6. The average molecular weight is 321 g/mol. The van der Waals surface area contributed by atoms with E-state index in [2.05, 4.69) is 10.3 Å². The van der Waals surface area contributed by atoms with Gasteiger partial charge in [0.05, 0.1) is 12.3 Å². The molecule has 2 heterocycles. The summed E-state index contributed by atoms with van der Waals surface area (Å²) in [5, 5.41) is 2.92. The molecule has 1 aromatic heterocycles. The third-order valence-corrected chi connectivity index (χ3v) is 4.26. The molecule has 2 aliphatic rings. The van der Waals surface area contributed by atoms with E-state index in [0.717, 1.165) is 6.42 Å². The molecule has 2 amide bonds. The van der Waals surface area contributed by atoms with Gasteiger partial charge in [0.25, 0.3) is 5.91 Å². The number of amides is 2. The first-order chi connectivity index (χ1) is 11.1. The second-order valence-corrected chi connectivity index (χ2v) is 6.27. The van der Waals surface area contributed by atoms with Crippen molar-refractivity contribution in [2.75, 3.05) is 19.7 Å². The number of aromatic nitrogens is 1. The van der Waals surface area contributed by atoms with E-state index in [0.29, 0.717) is 43.6 Å². The van der Waals surface area contributed by atoms with Crippen LogP contribution in [0.5, 0.6) is 0 Å². The quantitative estimate of drug-likeness (QED) is 0.895. The Morgan fingerprint density at radius 1 is 1.39 bits per heavy atom. The van der Waals surface area contributed by atoms with E-state index in [1.54, 1.807) is 18.7 Å². The molecule has 1 aromatic rings. The second kappa shape index (κ2) is 6.60. The average Bonchev–Trinajstić information content (AvgIpc) is 3.05. The van der Waals surface area contributed by atoms with Crippen LogP contribution in [0.2, 0.25) is 0 Å². The van der Waals surface area contributed by atoms with Crippen molar-refractivity contribution in [3.05, 3.63) is 17.3 Å². The molecule has 0 spiro atoms. The number of oxazole rings is 1. The number of carbonyl (C=O) groups is 2. The molecular weight excluding hydrogens is 298 g/mol. The number of carbonyl (C=O) groups excluding carboxylic acids is 2. The summed E-state index contributed by atoms with van der Waals surface area (Å²) in [6.45, 7) is 4.97. The maximum Gasteiger partial charge on any atom is 0.409 e. The van der Waals surface area contributed by atoms with E-state index in [1.807, 2.05) is 0 Å². The smallest absolute Gasteiger partial charge is 0.409 e. The van der Waals surface area contributed by atoms with Crippen molar-refractivity contribution >= 4 is 12.0 Å². The SMILES string of the molecule is CCOC(=O)N1CC[C@H](NC(=O)c2oc(CC3CC3)nc2C)C1. The predicted molar refractivity (Wildman–Crippen MR) is 82.1 cm³/mol. The fourth-order valence-electron chi connectivity index (χ4n) is 2.83. The highest BCUT2D eigenvalue weighted by Crippen LogP contribution is 2.32. The third-order valence-electron chi connectivity index (χ3n) is 4.26. The zero-order chi connectivity index (χ0) is 16.4. The topological polar surface area (TPSA) is 84.7 Å². The molecule has 1 aliphatic carbocycles. The highest BCUT2D eigenvalue weighted by molar-refractivity contribution is 5.92. The molecule has 7 heteroatoms. The van der Waals surface area contributed by atoms with Gasteiger partial charge in [0.1, 0.15) is 0 Å². The van der Waals surface area contributed by atoms with Crippen LogP contribution in [0, 0.1) is 12.8 Å². The summed E-state index contributed by atoms with van der Waals surface area (Å²) in [6.07, 6.45) is 3.64. The molecule has 0 bridgehead atoms. The molecule has 2 fully saturated rings. The maximum atomic E-state index is 12.4. The van der Waals surface area contributed by atoms with Crippen LogP contribution in [0.15, 0.2) is 4.42 Å². The van der Waals surface area contributed by atoms with E-state index in [9.17, 15) is 9.59 Å². The lowest BCUT2D eigenvalue weighted by Gasteiger charge is -2.16. The molecule has 0 aromatic carbocycles. The molecule has 1 N–H and O–H groups in total. The van der Waals surface area contributed by atoms with Crippen molar-refractivity contribution < 1.29 is 18.7 Å². The lowest BCUT2D eigenvalue weighted by Crippen LogP contribution is -2.38. The van der Waals surface area contributed by atoms with Crippen LogP contribution in [-0.4, -0.2) is 47.6 Å². The Morgan fingerprint density at radius 2 is 2.17 bits per heavy atom. The van der Waals surface area contributed by atoms with E-state index in [1.165, 1.54) is 12.8 Å². The Bertz CT molecular complexity index is 594. The van der Waals surface area contributed by atoms with Crippen LogP contribution < -0.4 is 5.32 Å². The number of nitrogens with zero attached hydrogens (tertiary/aromatic N) is 2. The fourth-order valence-corrected chi connectivity index (χ4v) is 2.83. The summed E-state index contributed by atoms with van der Waals surface area (Å²) in [4.78, 5) is 30.0. The van der Waals surface area contributed by atoms with Gasteiger partial charge in [-0.1, -0.05) is 0 Å². The van der Waals surface area contributed by atoms with E-state index >= 15 is 0 Å². The minimum Gasteiger partial charge on any atom is -0.450 e. The molecule has 1 aliphatic heterocycles. The van der Waals surface area contributed by atoms with Crippen molar-refractivity contribution in [3.63, 3.8) is 0 Å². The van der Waals surface area contributed by atoms with Crippen molar-refractivity contribution in [2.24, 2.45) is 5.92 Å². The molecule has 7 nitrogen and oxygen atoms in total. The Hall–Kier alpha value is -2.05. The monoisotopic (exact) mass is 321 g/mol. The zero-order valence-electron chi connectivity index (χ0n) is 13.6. The van der Waals surface area contributed by atoms with Crippen LogP contribution in [0.3, 0.4) is 0 Å². The number of likely N-dealkylation sites (tertiary alicyclic amines) is 1. The largest absolute Gasteiger partial charge is 0.450 e. The summed E-state index contributed by atoms with van der Waals surface area (Å²) in [6, 6.07) is -0.0803. The van der Waals surface area contributed by atoms with Gasteiger partial charge in [-0.05, 0) is 39.0 Å². The van der Waals surface area contributed by atoms with Crippen molar-refractivity contribution in [1.29, 1.82) is 0 Å². The van der Waals surface area contributed by atoms with Gasteiger partial charge in [-0.15, -0.1) is 0 Å². The number of hydrogen-bond donors (Lipinski definition) is 1. The molecule has 23 heavy (non-hydrogen) atoms. The van der Waals surface area contributed by atoms with Crippen LogP contribution >= 0.6 is 0 Å². The summed E-state index contributed by atoms with van der Waals surface area (Å²) in [7, 11) is 0. The van der Waals surface area contributed by atoms with Crippen molar-refractivity contribution in [1.82, 2.24) is 15.2 Å². The summed E-state index contributed by atoms with van der Waals surface area (Å²) >= 11 is 0. The van der Waals surface area contributed by atoms with Gasteiger partial charge >= 0.3 is 6.09 Å². The molecule has 3 rings (SSSR count). The first kappa shape index (κ1) is 15.8. The van der Waals surface area contributed by atoms with Gasteiger partial charge in [0.2, 0.25) is 5.76 Å². The minimum absolute atomic E-state index is 0.0803. The molecular formula is C16H23N3O4. The number of nitrogens with one attached hydrogen (secondary N) is 1. The van der Waals surface area contributed by atoms with Crippen LogP contribution in [0.4, 0.5) is 4.79 Å². The van der Waals surface area contributed by atoms with Gasteiger partial charge in [-0.2, -0.15) is 0 Å². The zero-order valence-corrected chi connectivity index (χ0v) is 13.6. The van der Waals surface area contributed by atoms with Gasteiger partial charge < -0.3 is 19.4 Å². The predicted octanol–water partition coefficient (Wildman–Crippen LogP) is 1.90. The maximum absolute atomic E-state index is 12.4. The van der Waals surface area contributed by atoms with Crippen molar-refractivity contribution in [2.45, 2.75) is 45.6 Å². The third kappa shape index (κ3) is 3.83. The van der Waals surface area contributed by atoms with Gasteiger partial charge in [-0.25, -0.2) is 9.78 Å². The van der Waals surface area contributed by atoms with E-state index in [-0.39, 0.29) is 23.8 Å². The van der Waals surface area contributed by atoms with E-state index < -0.39 is 0 Å². The first-order valence-corrected chi connectivity index (χ1v) is 8.25. The van der Waals surface area contributed by atoms with Gasteiger partial charge in [-0.3, -0.25) is 4.79 Å². The second-order valence-electron chi connectivity index (χ2n) is 6.27. The lowest BCUT2D eigenvalue weighted by molar-refractivity contribution is 0.0900. The first-order valence-electron chi connectivity index (χ1n) is 8.25. The highest BCUT2D eigenvalue weighted by Gasteiger charge is 2.30. The molecule has 0 unspecified atom stereocenters. The molecule has 126 valence electrons. The van der Waals surface area contributed by atoms with Crippen LogP contribution in [0.25, 0.3) is 0 Å². The van der Waals surface area contributed by atoms with Crippen LogP contribution in [-0.2, 0) is 11.2 Å². The van der Waals surface area contributed by atoms with Crippen molar-refractivity contribution in [3.8, 4) is 0 Å². The fraction of sp³-hybridized carbons (Fsp3) is 0.688. The Balaban J connectivity index is 1.55. The highest BCUT2D eigenvalue weighted by atomic mass is 16.6. The lowest BCUT2D eigenvalue weighted by atomic mass is 10.2. The number of hydrogen-bond acceptors (Lipinski definition) is 5. The molecule has 1 saturated carbocycles. The number of aryl methyl sites for hydroxylation is 1. The Morgan fingerprint density at radius 3 is 2.87 bits per heavy atom. The van der Waals surface area contributed by atoms with Crippen LogP contribution in [0.1, 0.15) is 48.3 Å². The summed E-state index contributed by atoms with van der Waals surface area (Å²) in [5.74, 6) is 1.34. The normalized spacial score (nSPS) is 20.6. The van der Waals surface area contributed by atoms with E-state index in [4.69, 9.17) is 9.15 Å². The van der Waals surface area contributed by atoms with Gasteiger partial charge in [0, 0.05) is 25.6 Å². The standard InChI is InChI=1S/C16H23N3O4/c1-3-22-16(21)19-7-6-12(9-19)18-15(20)14-10(2)17-13(23-14)8-11-4-5-11/h11-12H,3-9H2,1-2H3,(H,18,20)/t12-/m0/s1. The Labute approximate surface area is 135 Å².